The fourth-order valence-electron chi connectivity index (χ4n) is 2.07. The Morgan fingerprint density at radius 1 is 0.696 bits per heavy atom. The topological polar surface area (TPSA) is 20.2 Å². The molecule has 2 rings (SSSR count). The van der Waals surface area contributed by atoms with E-state index < -0.39 is 29.6 Å². The highest BCUT2D eigenvalue weighted by Crippen LogP contribution is 2.31. The van der Waals surface area contributed by atoms with Crippen LogP contribution in [0.3, 0.4) is 0 Å². The van der Waals surface area contributed by atoms with Crippen molar-refractivity contribution in [2.45, 2.75) is 24.9 Å². The van der Waals surface area contributed by atoms with Crippen LogP contribution in [0.2, 0.25) is 0 Å². The monoisotopic (exact) mass is 334 g/mol. The van der Waals surface area contributed by atoms with Crippen LogP contribution < -0.4 is 0 Å². The molecule has 0 heterocycles. The molecule has 0 aromatic heterocycles. The summed E-state index contributed by atoms with van der Waals surface area (Å²) in [5.74, 6) is 0. The van der Waals surface area contributed by atoms with Crippen molar-refractivity contribution in [1.82, 2.24) is 0 Å². The highest BCUT2D eigenvalue weighted by molar-refractivity contribution is 5.29. The summed E-state index contributed by atoms with van der Waals surface area (Å²) in [5.41, 5.74) is -0.920. The van der Waals surface area contributed by atoms with Gasteiger partial charge in [0.2, 0.25) is 0 Å². The van der Waals surface area contributed by atoms with Crippen molar-refractivity contribution in [3.05, 3.63) is 70.8 Å². The Hall–Kier alpha value is -2.02. The van der Waals surface area contributed by atoms with Crippen molar-refractivity contribution in [3.8, 4) is 0 Å². The first-order valence-corrected chi connectivity index (χ1v) is 6.59. The van der Waals surface area contributed by atoms with Gasteiger partial charge in [0.15, 0.2) is 0 Å². The number of aliphatic hydroxyl groups is 1. The normalized spacial score (nSPS) is 13.9. The van der Waals surface area contributed by atoms with Crippen LogP contribution in [0, 0.1) is 0 Å². The first-order valence-electron chi connectivity index (χ1n) is 6.59. The summed E-state index contributed by atoms with van der Waals surface area (Å²) >= 11 is 0. The number of benzene rings is 2. The van der Waals surface area contributed by atoms with E-state index in [-0.39, 0.29) is 12.0 Å². The summed E-state index contributed by atoms with van der Waals surface area (Å²) in [5, 5.41) is 9.99. The van der Waals surface area contributed by atoms with E-state index in [0.717, 1.165) is 36.4 Å². The Kier molecular flexibility index (Phi) is 4.70. The van der Waals surface area contributed by atoms with Gasteiger partial charge in [-0.15, -0.1) is 0 Å². The van der Waals surface area contributed by atoms with Gasteiger partial charge in [0.25, 0.3) is 0 Å². The van der Waals surface area contributed by atoms with Gasteiger partial charge < -0.3 is 5.11 Å². The predicted octanol–water partition coefficient (Wildman–Crippen LogP) is 5.00. The lowest BCUT2D eigenvalue weighted by molar-refractivity contribution is -0.138. The van der Waals surface area contributed by atoms with Crippen LogP contribution in [0.5, 0.6) is 0 Å². The van der Waals surface area contributed by atoms with Crippen LogP contribution in [0.4, 0.5) is 26.3 Å². The van der Waals surface area contributed by atoms with Crippen molar-refractivity contribution in [2.75, 3.05) is 0 Å². The van der Waals surface area contributed by atoms with Gasteiger partial charge in [0, 0.05) is 6.42 Å². The van der Waals surface area contributed by atoms with Crippen LogP contribution in [-0.2, 0) is 18.8 Å². The lowest BCUT2D eigenvalue weighted by Crippen LogP contribution is -2.07. The smallest absolute Gasteiger partial charge is 0.388 e. The average Bonchev–Trinajstić information content (AvgIpc) is 2.46. The summed E-state index contributed by atoms with van der Waals surface area (Å²) in [6.45, 7) is 0. The molecule has 0 saturated carbocycles. The van der Waals surface area contributed by atoms with Crippen molar-refractivity contribution >= 4 is 0 Å². The van der Waals surface area contributed by atoms with Crippen molar-refractivity contribution < 1.29 is 31.4 Å². The van der Waals surface area contributed by atoms with Gasteiger partial charge in [0.1, 0.15) is 0 Å². The molecule has 1 unspecified atom stereocenters. The summed E-state index contributed by atoms with van der Waals surface area (Å²) in [4.78, 5) is 0. The maximum absolute atomic E-state index is 12.4. The van der Waals surface area contributed by atoms with Gasteiger partial charge in [-0.3, -0.25) is 0 Å². The first kappa shape index (κ1) is 17.3. The molecule has 0 saturated heterocycles. The van der Waals surface area contributed by atoms with E-state index in [1.165, 1.54) is 12.1 Å². The molecule has 0 spiro atoms. The number of halogens is 6. The minimum atomic E-state index is -4.46. The molecule has 2 aromatic carbocycles. The lowest BCUT2D eigenvalue weighted by Gasteiger charge is -2.13. The van der Waals surface area contributed by atoms with Gasteiger partial charge in [-0.2, -0.15) is 26.3 Å². The van der Waals surface area contributed by atoms with E-state index in [1.54, 1.807) is 0 Å². The fourth-order valence-corrected chi connectivity index (χ4v) is 2.07. The van der Waals surface area contributed by atoms with E-state index in [0.29, 0.717) is 5.56 Å². The third-order valence-corrected chi connectivity index (χ3v) is 3.33. The zero-order chi connectivity index (χ0) is 17.3. The van der Waals surface area contributed by atoms with E-state index in [4.69, 9.17) is 0 Å². The zero-order valence-corrected chi connectivity index (χ0v) is 11.6. The molecule has 0 aliphatic rings. The number of hydrogen-bond donors (Lipinski definition) is 1. The Morgan fingerprint density at radius 2 is 1.09 bits per heavy atom. The standard InChI is InChI=1S/C16H12F6O/c17-15(18,19)12-5-1-10(2-6-12)9-14(23)11-3-7-13(8-4-11)16(20,21)22/h1-8,14,23H,9H2. The second-order valence-corrected chi connectivity index (χ2v) is 5.03. The van der Waals surface area contributed by atoms with E-state index >= 15 is 0 Å². The highest BCUT2D eigenvalue weighted by atomic mass is 19.4. The molecule has 0 radical (unpaired) electrons. The highest BCUT2D eigenvalue weighted by Gasteiger charge is 2.31. The number of rotatable bonds is 3. The molecule has 7 heteroatoms. The third-order valence-electron chi connectivity index (χ3n) is 3.33. The zero-order valence-electron chi connectivity index (χ0n) is 11.6. The third kappa shape index (κ3) is 4.48. The van der Waals surface area contributed by atoms with Gasteiger partial charge in [-0.05, 0) is 35.4 Å². The first-order chi connectivity index (χ1) is 10.6. The van der Waals surface area contributed by atoms with E-state index in [1.807, 2.05) is 0 Å². The fraction of sp³-hybridized carbons (Fsp3) is 0.250. The Bertz CT molecular complexity index is 640. The molecule has 2 aromatic rings. The van der Waals surface area contributed by atoms with Crippen LogP contribution in [0.25, 0.3) is 0 Å². The van der Waals surface area contributed by atoms with Gasteiger partial charge in [0.05, 0.1) is 17.2 Å². The van der Waals surface area contributed by atoms with Gasteiger partial charge in [-0.1, -0.05) is 24.3 Å². The second-order valence-electron chi connectivity index (χ2n) is 5.03. The van der Waals surface area contributed by atoms with Gasteiger partial charge >= 0.3 is 12.4 Å². The largest absolute Gasteiger partial charge is 0.416 e. The summed E-state index contributed by atoms with van der Waals surface area (Å²) in [6, 6.07) is 8.27. The molecule has 0 fully saturated rings. The SMILES string of the molecule is OC(Cc1ccc(C(F)(F)F)cc1)c1ccc(C(F)(F)F)cc1. The van der Waals surface area contributed by atoms with E-state index in [9.17, 15) is 31.4 Å². The molecule has 0 aliphatic carbocycles. The average molecular weight is 334 g/mol. The molecule has 1 nitrogen and oxygen atoms in total. The molecule has 1 atom stereocenters. The maximum atomic E-state index is 12.4. The molecule has 124 valence electrons. The summed E-state index contributed by atoms with van der Waals surface area (Å²) < 4.78 is 74.7. The minimum Gasteiger partial charge on any atom is -0.388 e. The summed E-state index contributed by atoms with van der Waals surface area (Å²) in [6.07, 6.45) is -10.0. The van der Waals surface area contributed by atoms with Crippen molar-refractivity contribution in [2.24, 2.45) is 0 Å². The van der Waals surface area contributed by atoms with Crippen LogP contribution >= 0.6 is 0 Å². The quantitative estimate of drug-likeness (QED) is 0.783. The molecular formula is C16H12F6O. The maximum Gasteiger partial charge on any atom is 0.416 e. The van der Waals surface area contributed by atoms with Gasteiger partial charge in [-0.25, -0.2) is 0 Å². The molecule has 0 amide bonds. The molecule has 0 aliphatic heterocycles. The molecule has 23 heavy (non-hydrogen) atoms. The summed E-state index contributed by atoms with van der Waals surface area (Å²) in [7, 11) is 0. The van der Waals surface area contributed by atoms with Crippen molar-refractivity contribution in [1.29, 1.82) is 0 Å². The number of hydrogen-bond acceptors (Lipinski definition) is 1. The van der Waals surface area contributed by atoms with Crippen LogP contribution in [0.15, 0.2) is 48.5 Å². The second kappa shape index (κ2) is 6.23. The van der Waals surface area contributed by atoms with Crippen LogP contribution in [0.1, 0.15) is 28.4 Å². The number of alkyl halides is 6. The Labute approximate surface area is 128 Å². The molecular weight excluding hydrogens is 322 g/mol. The minimum absolute atomic E-state index is 0.00347. The molecule has 1 N–H and O–H groups in total. The molecule has 0 bridgehead atoms. The van der Waals surface area contributed by atoms with E-state index in [2.05, 4.69) is 0 Å². The Morgan fingerprint density at radius 3 is 1.48 bits per heavy atom. The van der Waals surface area contributed by atoms with Crippen LogP contribution in [-0.4, -0.2) is 5.11 Å². The Balaban J connectivity index is 2.08. The van der Waals surface area contributed by atoms with Crippen molar-refractivity contribution in [3.63, 3.8) is 0 Å². The number of aliphatic hydroxyl groups excluding tert-OH is 1. The predicted molar refractivity (Wildman–Crippen MR) is 71.6 cm³/mol. The lowest BCUT2D eigenvalue weighted by atomic mass is 9.99.